The number of nitrogens with zero attached hydrogens (tertiary/aromatic N) is 4. The predicted octanol–water partition coefficient (Wildman–Crippen LogP) is 1.78. The van der Waals surface area contributed by atoms with Crippen LogP contribution in [-0.2, 0) is 36.1 Å². The van der Waals surface area contributed by atoms with Gasteiger partial charge in [-0.2, -0.15) is 5.10 Å². The van der Waals surface area contributed by atoms with Crippen LogP contribution in [0, 0.1) is 5.82 Å². The molecule has 1 fully saturated rings. The van der Waals surface area contributed by atoms with Crippen molar-refractivity contribution < 1.29 is 18.8 Å². The van der Waals surface area contributed by atoms with Gasteiger partial charge in [0.25, 0.3) is 5.91 Å². The molecule has 0 radical (unpaired) electrons. The lowest BCUT2D eigenvalue weighted by Gasteiger charge is -2.28. The van der Waals surface area contributed by atoms with Gasteiger partial charge in [-0.3, -0.25) is 19.1 Å². The van der Waals surface area contributed by atoms with Crippen molar-refractivity contribution in [3.8, 4) is 0 Å². The van der Waals surface area contributed by atoms with Crippen molar-refractivity contribution in [2.24, 2.45) is 7.05 Å². The second-order valence-corrected chi connectivity index (χ2v) is 8.33. The Kier molecular flexibility index (Phi) is 6.53. The van der Waals surface area contributed by atoms with E-state index in [9.17, 15) is 18.8 Å². The fraction of sp³-hybridized carbons (Fsp3) is 0.478. The molecule has 1 N–H and O–H groups in total. The minimum atomic E-state index is -0.372. The van der Waals surface area contributed by atoms with Gasteiger partial charge in [0, 0.05) is 75.9 Å². The van der Waals surface area contributed by atoms with E-state index in [0.29, 0.717) is 30.8 Å². The third-order valence-corrected chi connectivity index (χ3v) is 6.19. The fourth-order valence-electron chi connectivity index (χ4n) is 4.35. The summed E-state index contributed by atoms with van der Waals surface area (Å²) < 4.78 is 15.4. The number of aryl methyl sites for hydroxylation is 1. The molecule has 1 aromatic carbocycles. The topological polar surface area (TPSA) is 87.5 Å². The lowest BCUT2D eigenvalue weighted by Crippen LogP contribution is -2.38. The molecular formula is C23H28FN5O3. The Bertz CT molecular complexity index is 1030. The SMILES string of the molecule is Cn1nc(C(=O)N2CCCC2)c2c1CCN(C(=O)CCC(=O)NCc1ccccc1F)C2. The highest BCUT2D eigenvalue weighted by Crippen LogP contribution is 2.25. The zero-order valence-electron chi connectivity index (χ0n) is 18.3. The highest BCUT2D eigenvalue weighted by molar-refractivity contribution is 5.94. The van der Waals surface area contributed by atoms with Crippen molar-refractivity contribution in [3.05, 3.63) is 52.6 Å². The third kappa shape index (κ3) is 4.66. The summed E-state index contributed by atoms with van der Waals surface area (Å²) in [6, 6.07) is 6.26. The van der Waals surface area contributed by atoms with E-state index in [1.807, 2.05) is 11.9 Å². The number of amides is 3. The average Bonchev–Trinajstić information content (AvgIpc) is 3.45. The first-order valence-electron chi connectivity index (χ1n) is 11.1. The number of carbonyl (C=O) groups excluding carboxylic acids is 3. The van der Waals surface area contributed by atoms with E-state index in [0.717, 1.165) is 37.2 Å². The van der Waals surface area contributed by atoms with Crippen molar-refractivity contribution >= 4 is 17.7 Å². The number of rotatable bonds is 6. The maximum atomic E-state index is 13.7. The molecule has 1 saturated heterocycles. The van der Waals surface area contributed by atoms with Gasteiger partial charge in [-0.25, -0.2) is 4.39 Å². The molecule has 0 unspecified atom stereocenters. The smallest absolute Gasteiger partial charge is 0.274 e. The van der Waals surface area contributed by atoms with E-state index in [4.69, 9.17) is 0 Å². The number of hydrogen-bond donors (Lipinski definition) is 1. The molecule has 9 heteroatoms. The van der Waals surface area contributed by atoms with Gasteiger partial charge in [-0.1, -0.05) is 18.2 Å². The van der Waals surface area contributed by atoms with Crippen LogP contribution in [-0.4, -0.2) is 56.9 Å². The minimum Gasteiger partial charge on any atom is -0.352 e. The van der Waals surface area contributed by atoms with Crippen LogP contribution < -0.4 is 5.32 Å². The van der Waals surface area contributed by atoms with E-state index in [-0.39, 0.29) is 42.9 Å². The molecule has 1 aromatic heterocycles. The number of nitrogens with one attached hydrogen (secondary N) is 1. The summed E-state index contributed by atoms with van der Waals surface area (Å²) in [5, 5.41) is 7.12. The summed E-state index contributed by atoms with van der Waals surface area (Å²) in [5.41, 5.74) is 2.64. The number of likely N-dealkylation sites (tertiary alicyclic amines) is 1. The average molecular weight is 442 g/mol. The largest absolute Gasteiger partial charge is 0.352 e. The van der Waals surface area contributed by atoms with E-state index < -0.39 is 0 Å². The standard InChI is InChI=1S/C23H28FN5O3/c1-27-19-10-13-29(15-17(19)22(26-27)23(32)28-11-4-5-12-28)21(31)9-8-20(30)25-14-16-6-2-3-7-18(16)24/h2-3,6-7H,4-5,8-15H2,1H3,(H,25,30). The molecule has 0 bridgehead atoms. The van der Waals surface area contributed by atoms with E-state index in [1.165, 1.54) is 6.07 Å². The summed E-state index contributed by atoms with van der Waals surface area (Å²) in [7, 11) is 1.83. The van der Waals surface area contributed by atoms with Crippen LogP contribution in [0.2, 0.25) is 0 Å². The molecule has 3 amide bonds. The number of fused-ring (bicyclic) bond motifs is 1. The van der Waals surface area contributed by atoms with Gasteiger partial charge in [-0.15, -0.1) is 0 Å². The van der Waals surface area contributed by atoms with Gasteiger partial charge in [-0.05, 0) is 18.9 Å². The van der Waals surface area contributed by atoms with Gasteiger partial charge in [0.1, 0.15) is 5.82 Å². The molecule has 0 spiro atoms. The number of hydrogen-bond acceptors (Lipinski definition) is 4. The van der Waals surface area contributed by atoms with Crippen molar-refractivity contribution in [1.29, 1.82) is 0 Å². The Morgan fingerprint density at radius 2 is 1.81 bits per heavy atom. The first-order valence-corrected chi connectivity index (χ1v) is 11.1. The molecule has 3 heterocycles. The van der Waals surface area contributed by atoms with Crippen molar-refractivity contribution in [3.63, 3.8) is 0 Å². The highest BCUT2D eigenvalue weighted by atomic mass is 19.1. The van der Waals surface area contributed by atoms with Crippen molar-refractivity contribution in [2.75, 3.05) is 19.6 Å². The zero-order valence-corrected chi connectivity index (χ0v) is 18.3. The lowest BCUT2D eigenvalue weighted by atomic mass is 10.0. The van der Waals surface area contributed by atoms with E-state index in [1.54, 1.807) is 27.8 Å². The molecule has 170 valence electrons. The Hall–Kier alpha value is -3.23. The van der Waals surface area contributed by atoms with E-state index >= 15 is 0 Å². The quantitative estimate of drug-likeness (QED) is 0.740. The van der Waals surface area contributed by atoms with Crippen LogP contribution in [0.25, 0.3) is 0 Å². The monoisotopic (exact) mass is 441 g/mol. The molecule has 32 heavy (non-hydrogen) atoms. The molecule has 8 nitrogen and oxygen atoms in total. The van der Waals surface area contributed by atoms with Crippen LogP contribution >= 0.6 is 0 Å². The molecule has 0 saturated carbocycles. The Labute approximate surface area is 186 Å². The molecule has 2 aromatic rings. The second kappa shape index (κ2) is 9.50. The van der Waals surface area contributed by atoms with Crippen LogP contribution in [0.5, 0.6) is 0 Å². The van der Waals surface area contributed by atoms with Gasteiger partial charge >= 0.3 is 0 Å². The molecule has 0 aliphatic carbocycles. The zero-order chi connectivity index (χ0) is 22.7. The summed E-state index contributed by atoms with van der Waals surface area (Å²) >= 11 is 0. The maximum absolute atomic E-state index is 13.7. The van der Waals surface area contributed by atoms with Gasteiger partial charge in [0.2, 0.25) is 11.8 Å². The van der Waals surface area contributed by atoms with Gasteiger partial charge < -0.3 is 15.1 Å². The van der Waals surface area contributed by atoms with Gasteiger partial charge in [0.05, 0.1) is 0 Å². The Balaban J connectivity index is 1.33. The van der Waals surface area contributed by atoms with Crippen molar-refractivity contribution in [2.45, 2.75) is 45.2 Å². The fourth-order valence-corrected chi connectivity index (χ4v) is 4.35. The molecule has 2 aliphatic rings. The first-order chi connectivity index (χ1) is 15.4. The van der Waals surface area contributed by atoms with Gasteiger partial charge in [0.15, 0.2) is 5.69 Å². The number of aromatic nitrogens is 2. The summed E-state index contributed by atoms with van der Waals surface area (Å²) in [6.45, 7) is 2.43. The normalized spacial score (nSPS) is 15.6. The summed E-state index contributed by atoms with van der Waals surface area (Å²) in [6.07, 6.45) is 2.73. The Morgan fingerprint density at radius 3 is 2.56 bits per heavy atom. The second-order valence-electron chi connectivity index (χ2n) is 8.33. The summed E-state index contributed by atoms with van der Waals surface area (Å²) in [5.74, 6) is -0.879. The maximum Gasteiger partial charge on any atom is 0.274 e. The molecule has 0 atom stereocenters. The Morgan fingerprint density at radius 1 is 1.06 bits per heavy atom. The number of carbonyl (C=O) groups is 3. The predicted molar refractivity (Wildman–Crippen MR) is 115 cm³/mol. The van der Waals surface area contributed by atoms with Crippen LogP contribution in [0.4, 0.5) is 4.39 Å². The lowest BCUT2D eigenvalue weighted by molar-refractivity contribution is -0.134. The minimum absolute atomic E-state index is 0.0310. The van der Waals surface area contributed by atoms with E-state index in [2.05, 4.69) is 10.4 Å². The third-order valence-electron chi connectivity index (χ3n) is 6.19. The number of benzene rings is 1. The number of halogens is 1. The van der Waals surface area contributed by atoms with Crippen LogP contribution in [0.1, 0.15) is 53.0 Å². The summed E-state index contributed by atoms with van der Waals surface area (Å²) in [4.78, 5) is 41.3. The van der Waals surface area contributed by atoms with Crippen LogP contribution in [0.3, 0.4) is 0 Å². The molecular weight excluding hydrogens is 413 g/mol. The molecule has 4 rings (SSSR count). The van der Waals surface area contributed by atoms with Crippen molar-refractivity contribution in [1.82, 2.24) is 24.9 Å². The highest BCUT2D eigenvalue weighted by Gasteiger charge is 2.31. The molecule has 2 aliphatic heterocycles. The first kappa shape index (κ1) is 22.0. The van der Waals surface area contributed by atoms with Crippen LogP contribution in [0.15, 0.2) is 24.3 Å².